The third kappa shape index (κ3) is 4.08. The molecule has 0 aliphatic carbocycles. The number of pyridine rings is 1. The molecule has 4 heterocycles. The van der Waals surface area contributed by atoms with Gasteiger partial charge in [0.05, 0.1) is 42.5 Å². The van der Waals surface area contributed by atoms with Crippen LogP contribution in [0, 0.1) is 6.92 Å². The number of rotatable bonds is 5. The second-order valence-corrected chi connectivity index (χ2v) is 8.45. The van der Waals surface area contributed by atoms with Crippen LogP contribution in [0.25, 0.3) is 16.9 Å². The first-order valence-electron chi connectivity index (χ1n) is 11.2. The molecule has 5 nitrogen and oxygen atoms in total. The standard InChI is InChI=1S/C26H24F3N3O2/c1-16-18(4-2-5-21(16)26(27,28)29)13-24-23(15-33)31-25-20(22-6-3-9-30-22)12-19(14-32(24)25)17-7-10-34-11-8-17/h2,4-7,9,12,14,33H,3,8,10-11,13,15H2,1H3. The zero-order valence-electron chi connectivity index (χ0n) is 18.7. The molecule has 0 bridgehead atoms. The highest BCUT2D eigenvalue weighted by atomic mass is 19.4. The molecule has 0 saturated heterocycles. The lowest BCUT2D eigenvalue weighted by atomic mass is 9.97. The van der Waals surface area contributed by atoms with E-state index in [2.05, 4.69) is 11.1 Å². The minimum absolute atomic E-state index is 0.181. The first-order chi connectivity index (χ1) is 16.4. The van der Waals surface area contributed by atoms with Crippen molar-refractivity contribution in [2.75, 3.05) is 13.2 Å². The number of hydrogen-bond acceptors (Lipinski definition) is 4. The van der Waals surface area contributed by atoms with Crippen LogP contribution in [-0.2, 0) is 23.9 Å². The van der Waals surface area contributed by atoms with E-state index in [9.17, 15) is 18.3 Å². The van der Waals surface area contributed by atoms with E-state index in [0.717, 1.165) is 41.3 Å². The fourth-order valence-electron chi connectivity index (χ4n) is 4.62. The molecule has 1 N–H and O–H groups in total. The molecule has 2 aliphatic rings. The Hall–Kier alpha value is -3.23. The summed E-state index contributed by atoms with van der Waals surface area (Å²) in [6.07, 6.45) is 5.11. The molecule has 0 radical (unpaired) electrons. The monoisotopic (exact) mass is 467 g/mol. The van der Waals surface area contributed by atoms with Crippen molar-refractivity contribution in [1.29, 1.82) is 0 Å². The number of nitrogens with zero attached hydrogens (tertiary/aromatic N) is 3. The number of aromatic nitrogens is 2. The average Bonchev–Trinajstić information content (AvgIpc) is 3.48. The smallest absolute Gasteiger partial charge is 0.390 e. The molecule has 34 heavy (non-hydrogen) atoms. The number of ether oxygens (including phenoxy) is 1. The van der Waals surface area contributed by atoms with Crippen LogP contribution in [0.4, 0.5) is 13.2 Å². The predicted molar refractivity (Wildman–Crippen MR) is 125 cm³/mol. The van der Waals surface area contributed by atoms with Crippen LogP contribution in [0.1, 0.15) is 52.0 Å². The van der Waals surface area contributed by atoms with E-state index in [-0.39, 0.29) is 18.6 Å². The van der Waals surface area contributed by atoms with Crippen molar-refractivity contribution in [2.45, 2.75) is 39.0 Å². The number of fused-ring (bicyclic) bond motifs is 1. The zero-order valence-corrected chi connectivity index (χ0v) is 18.7. The Morgan fingerprint density at radius 2 is 2.06 bits per heavy atom. The molecule has 176 valence electrons. The first-order valence-corrected chi connectivity index (χ1v) is 11.2. The second kappa shape index (κ2) is 8.85. The lowest BCUT2D eigenvalue weighted by Gasteiger charge is -2.17. The number of alkyl halides is 3. The minimum atomic E-state index is -4.43. The molecule has 5 rings (SSSR count). The van der Waals surface area contributed by atoms with Crippen molar-refractivity contribution >= 4 is 23.1 Å². The van der Waals surface area contributed by atoms with E-state index in [1.54, 1.807) is 6.07 Å². The van der Waals surface area contributed by atoms with E-state index >= 15 is 0 Å². The summed E-state index contributed by atoms with van der Waals surface area (Å²) in [6, 6.07) is 6.27. The molecule has 0 saturated carbocycles. The van der Waals surface area contributed by atoms with Gasteiger partial charge in [-0.2, -0.15) is 13.2 Å². The summed E-state index contributed by atoms with van der Waals surface area (Å²) in [4.78, 5) is 9.19. The number of benzene rings is 1. The molecule has 0 unspecified atom stereocenters. The number of hydrogen-bond donors (Lipinski definition) is 1. The molecule has 1 aromatic carbocycles. The molecule has 0 atom stereocenters. The van der Waals surface area contributed by atoms with Gasteiger partial charge >= 0.3 is 6.18 Å². The highest BCUT2D eigenvalue weighted by Crippen LogP contribution is 2.35. The van der Waals surface area contributed by atoms with Gasteiger partial charge in [-0.1, -0.05) is 24.3 Å². The predicted octanol–water partition coefficient (Wildman–Crippen LogP) is 5.36. The first kappa shape index (κ1) is 22.6. The number of allylic oxidation sites excluding steroid dienone is 1. The average molecular weight is 467 g/mol. The van der Waals surface area contributed by atoms with Gasteiger partial charge in [0.15, 0.2) is 0 Å². The SMILES string of the molecule is Cc1c(Cc2c(CO)nc3c(C4=CCC=N4)cc(C4=CCOCC4)cn23)cccc1C(F)(F)F. The Balaban J connectivity index is 1.70. The Morgan fingerprint density at radius 1 is 1.21 bits per heavy atom. The summed E-state index contributed by atoms with van der Waals surface area (Å²) >= 11 is 0. The molecule has 0 spiro atoms. The van der Waals surface area contributed by atoms with Crippen LogP contribution in [0.2, 0.25) is 0 Å². The van der Waals surface area contributed by atoms with Gasteiger partial charge in [-0.3, -0.25) is 4.99 Å². The van der Waals surface area contributed by atoms with Crippen molar-refractivity contribution in [3.63, 3.8) is 0 Å². The lowest BCUT2D eigenvalue weighted by molar-refractivity contribution is -0.138. The summed E-state index contributed by atoms with van der Waals surface area (Å²) in [5.41, 5.74) is 5.57. The molecule has 2 aromatic heterocycles. The van der Waals surface area contributed by atoms with Crippen LogP contribution in [0.15, 0.2) is 47.6 Å². The summed E-state index contributed by atoms with van der Waals surface area (Å²) in [6.45, 7) is 2.33. The molecular weight excluding hydrogens is 443 g/mol. The number of aliphatic hydroxyl groups is 1. The van der Waals surface area contributed by atoms with Gasteiger partial charge in [0.1, 0.15) is 5.65 Å². The van der Waals surface area contributed by atoms with E-state index in [0.29, 0.717) is 35.8 Å². The van der Waals surface area contributed by atoms with E-state index < -0.39 is 11.7 Å². The Labute approximate surface area is 194 Å². The largest absolute Gasteiger partial charge is 0.416 e. The van der Waals surface area contributed by atoms with E-state index in [4.69, 9.17) is 9.72 Å². The van der Waals surface area contributed by atoms with Crippen molar-refractivity contribution in [2.24, 2.45) is 4.99 Å². The molecule has 0 fully saturated rings. The van der Waals surface area contributed by atoms with Gasteiger partial charge < -0.3 is 14.2 Å². The van der Waals surface area contributed by atoms with Gasteiger partial charge in [0.2, 0.25) is 0 Å². The maximum Gasteiger partial charge on any atom is 0.416 e. The fourth-order valence-corrected chi connectivity index (χ4v) is 4.62. The molecule has 8 heteroatoms. The third-order valence-electron chi connectivity index (χ3n) is 6.42. The molecular formula is C26H24F3N3O2. The van der Waals surface area contributed by atoms with Gasteiger partial charge in [-0.25, -0.2) is 4.98 Å². The number of halogens is 3. The molecule has 0 amide bonds. The number of aliphatic hydroxyl groups excluding tert-OH is 1. The maximum atomic E-state index is 13.5. The number of aliphatic imine (C=N–C) groups is 1. The van der Waals surface area contributed by atoms with Gasteiger partial charge in [-0.15, -0.1) is 0 Å². The lowest BCUT2D eigenvalue weighted by Crippen LogP contribution is -2.10. The van der Waals surface area contributed by atoms with Gasteiger partial charge in [0, 0.05) is 30.8 Å². The summed E-state index contributed by atoms with van der Waals surface area (Å²) in [7, 11) is 0. The Morgan fingerprint density at radius 3 is 2.74 bits per heavy atom. The fraction of sp³-hybridized carbons (Fsp3) is 0.308. The van der Waals surface area contributed by atoms with Crippen LogP contribution in [0.5, 0.6) is 0 Å². The van der Waals surface area contributed by atoms with Crippen LogP contribution in [0.3, 0.4) is 0 Å². The normalized spacial score (nSPS) is 16.3. The zero-order chi connectivity index (χ0) is 23.9. The molecule has 2 aliphatic heterocycles. The molecule has 3 aromatic rings. The van der Waals surface area contributed by atoms with Gasteiger partial charge in [0.25, 0.3) is 0 Å². The highest BCUT2D eigenvalue weighted by molar-refractivity contribution is 5.87. The summed E-state index contributed by atoms with van der Waals surface area (Å²) in [5, 5.41) is 10.1. The quantitative estimate of drug-likeness (QED) is 0.549. The summed E-state index contributed by atoms with van der Waals surface area (Å²) < 4.78 is 47.9. The number of imidazole rings is 1. The van der Waals surface area contributed by atoms with Crippen molar-refractivity contribution in [3.05, 3.63) is 81.8 Å². The van der Waals surface area contributed by atoms with Gasteiger partial charge in [-0.05, 0) is 47.7 Å². The Kier molecular flexibility index (Phi) is 5.87. The maximum absolute atomic E-state index is 13.5. The van der Waals surface area contributed by atoms with Crippen LogP contribution < -0.4 is 0 Å². The van der Waals surface area contributed by atoms with E-state index in [1.807, 2.05) is 29.0 Å². The minimum Gasteiger partial charge on any atom is -0.390 e. The van der Waals surface area contributed by atoms with Crippen LogP contribution >= 0.6 is 0 Å². The second-order valence-electron chi connectivity index (χ2n) is 8.45. The van der Waals surface area contributed by atoms with Crippen molar-refractivity contribution in [3.8, 4) is 0 Å². The van der Waals surface area contributed by atoms with E-state index in [1.165, 1.54) is 13.0 Å². The summed E-state index contributed by atoms with van der Waals surface area (Å²) in [5.74, 6) is 0. The highest BCUT2D eigenvalue weighted by Gasteiger charge is 2.33. The topological polar surface area (TPSA) is 59.1 Å². The van der Waals surface area contributed by atoms with Crippen molar-refractivity contribution in [1.82, 2.24) is 9.38 Å². The Bertz CT molecular complexity index is 1350. The van der Waals surface area contributed by atoms with Crippen molar-refractivity contribution < 1.29 is 23.0 Å². The third-order valence-corrected chi connectivity index (χ3v) is 6.42. The van der Waals surface area contributed by atoms with Crippen LogP contribution in [-0.4, -0.2) is 33.9 Å².